The molecule has 0 aliphatic carbocycles. The van der Waals surface area contributed by atoms with Gasteiger partial charge in [-0.15, -0.1) is 11.3 Å². The molecule has 0 radical (unpaired) electrons. The quantitative estimate of drug-likeness (QED) is 0.735. The topological polar surface area (TPSA) is 44.5 Å². The third kappa shape index (κ3) is 2.56. The zero-order valence-corrected chi connectivity index (χ0v) is 11.9. The summed E-state index contributed by atoms with van der Waals surface area (Å²) in [7, 11) is 1.64. The predicted molar refractivity (Wildman–Crippen MR) is 83.6 cm³/mol. The van der Waals surface area contributed by atoms with Crippen LogP contribution in [0.2, 0.25) is 0 Å². The molecule has 2 N–H and O–H groups in total. The molecule has 3 aromatic rings. The van der Waals surface area contributed by atoms with E-state index >= 15 is 0 Å². The highest BCUT2D eigenvalue weighted by molar-refractivity contribution is 7.19. The number of para-hydroxylation sites is 2. The molecular weight excluding hydrogens is 270 g/mol. The Labute approximate surface area is 121 Å². The minimum absolute atomic E-state index is 0.527. The molecule has 0 atom stereocenters. The van der Waals surface area contributed by atoms with Crippen LogP contribution in [0.4, 0.5) is 5.69 Å². The van der Waals surface area contributed by atoms with E-state index in [2.05, 4.69) is 6.07 Å². The van der Waals surface area contributed by atoms with E-state index in [1.165, 1.54) is 10.1 Å². The normalized spacial score (nSPS) is 10.7. The molecule has 4 heteroatoms. The summed E-state index contributed by atoms with van der Waals surface area (Å²) in [4.78, 5) is 1.16. The number of benzene rings is 2. The summed E-state index contributed by atoms with van der Waals surface area (Å²) < 4.78 is 12.3. The standard InChI is InChI=1S/C16H15NO2S/c1-18-14-4-2-3-5-15(14)19-10-13-8-11-6-7-12(17)9-16(11)20-13/h2-9H,10,17H2,1H3. The van der Waals surface area contributed by atoms with Gasteiger partial charge in [-0.25, -0.2) is 0 Å². The second-order valence-corrected chi connectivity index (χ2v) is 5.62. The van der Waals surface area contributed by atoms with Crippen LogP contribution >= 0.6 is 11.3 Å². The van der Waals surface area contributed by atoms with Crippen LogP contribution in [0.1, 0.15) is 4.88 Å². The molecule has 0 unspecified atom stereocenters. The Kier molecular flexibility index (Phi) is 3.48. The van der Waals surface area contributed by atoms with Gasteiger partial charge in [0.25, 0.3) is 0 Å². The third-order valence-corrected chi connectivity index (χ3v) is 4.11. The van der Waals surface area contributed by atoms with Crippen molar-refractivity contribution < 1.29 is 9.47 Å². The SMILES string of the molecule is COc1ccccc1OCc1cc2ccc(N)cc2s1. The number of hydrogen-bond acceptors (Lipinski definition) is 4. The van der Waals surface area contributed by atoms with Gasteiger partial charge >= 0.3 is 0 Å². The van der Waals surface area contributed by atoms with E-state index in [1.807, 2.05) is 42.5 Å². The second kappa shape index (κ2) is 5.43. The fourth-order valence-corrected chi connectivity index (χ4v) is 3.09. The van der Waals surface area contributed by atoms with Gasteiger partial charge in [-0.2, -0.15) is 0 Å². The van der Waals surface area contributed by atoms with Crippen LogP contribution in [0.25, 0.3) is 10.1 Å². The Bertz CT molecular complexity index is 736. The van der Waals surface area contributed by atoms with Crippen molar-refractivity contribution in [3.63, 3.8) is 0 Å². The molecule has 1 aromatic heterocycles. The van der Waals surface area contributed by atoms with Crippen LogP contribution < -0.4 is 15.2 Å². The smallest absolute Gasteiger partial charge is 0.161 e. The number of ether oxygens (including phenoxy) is 2. The highest BCUT2D eigenvalue weighted by Gasteiger charge is 2.06. The lowest BCUT2D eigenvalue weighted by Crippen LogP contribution is -1.95. The molecule has 102 valence electrons. The van der Waals surface area contributed by atoms with E-state index in [9.17, 15) is 0 Å². The molecule has 0 spiro atoms. The fourth-order valence-electron chi connectivity index (χ4n) is 2.06. The van der Waals surface area contributed by atoms with E-state index in [-0.39, 0.29) is 0 Å². The van der Waals surface area contributed by atoms with Gasteiger partial charge in [0.15, 0.2) is 11.5 Å². The number of rotatable bonds is 4. The van der Waals surface area contributed by atoms with Crippen LogP contribution in [0.3, 0.4) is 0 Å². The average molecular weight is 285 g/mol. The Hall–Kier alpha value is -2.20. The lowest BCUT2D eigenvalue weighted by atomic mass is 10.2. The Balaban J connectivity index is 1.79. The molecule has 0 aliphatic rings. The largest absolute Gasteiger partial charge is 0.493 e. The first kappa shape index (κ1) is 12.8. The monoisotopic (exact) mass is 285 g/mol. The Morgan fingerprint density at radius 3 is 2.65 bits per heavy atom. The first-order valence-electron chi connectivity index (χ1n) is 6.30. The number of hydrogen-bond donors (Lipinski definition) is 1. The van der Waals surface area contributed by atoms with E-state index in [4.69, 9.17) is 15.2 Å². The van der Waals surface area contributed by atoms with Crippen molar-refractivity contribution in [3.05, 3.63) is 53.4 Å². The molecular formula is C16H15NO2S. The molecule has 3 rings (SSSR count). The Morgan fingerprint density at radius 2 is 1.85 bits per heavy atom. The Morgan fingerprint density at radius 1 is 1.05 bits per heavy atom. The van der Waals surface area contributed by atoms with Crippen LogP contribution in [0.5, 0.6) is 11.5 Å². The summed E-state index contributed by atoms with van der Waals surface area (Å²) in [6.45, 7) is 0.527. The van der Waals surface area contributed by atoms with Crippen molar-refractivity contribution in [2.24, 2.45) is 0 Å². The second-order valence-electron chi connectivity index (χ2n) is 4.45. The maximum atomic E-state index is 5.83. The number of fused-ring (bicyclic) bond motifs is 1. The first-order valence-corrected chi connectivity index (χ1v) is 7.11. The van der Waals surface area contributed by atoms with Gasteiger partial charge in [0, 0.05) is 15.3 Å². The van der Waals surface area contributed by atoms with Crippen molar-refractivity contribution in [1.29, 1.82) is 0 Å². The summed E-state index contributed by atoms with van der Waals surface area (Å²) in [5.74, 6) is 1.50. The van der Waals surface area contributed by atoms with Gasteiger partial charge in [-0.05, 0) is 35.7 Å². The predicted octanol–water partition coefficient (Wildman–Crippen LogP) is 4.07. The number of nitrogen functional groups attached to an aromatic ring is 1. The summed E-state index contributed by atoms with van der Waals surface area (Å²) >= 11 is 1.70. The van der Waals surface area contributed by atoms with Crippen LogP contribution in [-0.2, 0) is 6.61 Å². The summed E-state index contributed by atoms with van der Waals surface area (Å²) in [6, 6.07) is 15.7. The van der Waals surface area contributed by atoms with Gasteiger partial charge in [0.05, 0.1) is 7.11 Å². The molecule has 0 bridgehead atoms. The molecule has 1 heterocycles. The fraction of sp³-hybridized carbons (Fsp3) is 0.125. The van der Waals surface area contributed by atoms with Crippen LogP contribution in [0.15, 0.2) is 48.5 Å². The molecule has 0 fully saturated rings. The van der Waals surface area contributed by atoms with E-state index in [1.54, 1.807) is 18.4 Å². The molecule has 2 aromatic carbocycles. The van der Waals surface area contributed by atoms with Crippen molar-refractivity contribution in [3.8, 4) is 11.5 Å². The zero-order valence-electron chi connectivity index (χ0n) is 11.1. The van der Waals surface area contributed by atoms with Gasteiger partial charge < -0.3 is 15.2 Å². The maximum Gasteiger partial charge on any atom is 0.161 e. The molecule has 0 amide bonds. The lowest BCUT2D eigenvalue weighted by Gasteiger charge is -2.08. The minimum atomic E-state index is 0.527. The van der Waals surface area contributed by atoms with Gasteiger partial charge in [0.2, 0.25) is 0 Å². The summed E-state index contributed by atoms with van der Waals surface area (Å²) in [6.07, 6.45) is 0. The van der Waals surface area contributed by atoms with E-state index in [0.717, 1.165) is 22.1 Å². The summed E-state index contributed by atoms with van der Waals surface area (Å²) in [5, 5.41) is 1.20. The number of nitrogens with two attached hydrogens (primary N) is 1. The molecule has 20 heavy (non-hydrogen) atoms. The zero-order chi connectivity index (χ0) is 13.9. The lowest BCUT2D eigenvalue weighted by molar-refractivity contribution is 0.287. The molecule has 0 aliphatic heterocycles. The van der Waals surface area contributed by atoms with Crippen molar-refractivity contribution in [2.45, 2.75) is 6.61 Å². The van der Waals surface area contributed by atoms with Gasteiger partial charge in [-0.3, -0.25) is 0 Å². The minimum Gasteiger partial charge on any atom is -0.493 e. The van der Waals surface area contributed by atoms with E-state index < -0.39 is 0 Å². The van der Waals surface area contributed by atoms with E-state index in [0.29, 0.717) is 6.61 Å². The maximum absolute atomic E-state index is 5.83. The van der Waals surface area contributed by atoms with Crippen molar-refractivity contribution >= 4 is 27.1 Å². The number of thiophene rings is 1. The van der Waals surface area contributed by atoms with Crippen LogP contribution in [-0.4, -0.2) is 7.11 Å². The molecule has 3 nitrogen and oxygen atoms in total. The van der Waals surface area contributed by atoms with Crippen LogP contribution in [0, 0.1) is 0 Å². The average Bonchev–Trinajstić information content (AvgIpc) is 2.87. The van der Waals surface area contributed by atoms with Crippen molar-refractivity contribution in [1.82, 2.24) is 0 Å². The third-order valence-electron chi connectivity index (χ3n) is 3.03. The van der Waals surface area contributed by atoms with Gasteiger partial charge in [-0.1, -0.05) is 18.2 Å². The molecule has 0 saturated carbocycles. The number of anilines is 1. The van der Waals surface area contributed by atoms with Gasteiger partial charge in [0.1, 0.15) is 6.61 Å². The highest BCUT2D eigenvalue weighted by Crippen LogP contribution is 2.30. The highest BCUT2D eigenvalue weighted by atomic mass is 32.1. The van der Waals surface area contributed by atoms with Crippen molar-refractivity contribution in [2.75, 3.05) is 12.8 Å². The summed E-state index contributed by atoms with van der Waals surface area (Å²) in [5.41, 5.74) is 6.58. The molecule has 0 saturated heterocycles. The first-order chi connectivity index (χ1) is 9.76. The number of methoxy groups -OCH3 is 1.